The van der Waals surface area contributed by atoms with Crippen molar-refractivity contribution in [2.75, 3.05) is 34.2 Å². The van der Waals surface area contributed by atoms with Crippen molar-refractivity contribution in [3.63, 3.8) is 0 Å². The highest BCUT2D eigenvalue weighted by Gasteiger charge is 2.44. The fourth-order valence-electron chi connectivity index (χ4n) is 3.95. The molecule has 0 aliphatic carbocycles. The van der Waals surface area contributed by atoms with Gasteiger partial charge in [-0.05, 0) is 18.1 Å². The van der Waals surface area contributed by atoms with E-state index < -0.39 is 0 Å². The third kappa shape index (κ3) is 3.57. The Balaban J connectivity index is 1.78. The van der Waals surface area contributed by atoms with Crippen LogP contribution in [0.2, 0.25) is 0 Å². The first-order valence-electron chi connectivity index (χ1n) is 8.89. The molecule has 6 heteroatoms. The quantitative estimate of drug-likeness (QED) is 0.894. The molecule has 0 saturated carbocycles. The second-order valence-corrected chi connectivity index (χ2v) is 7.27. The molecule has 2 heterocycles. The average molecular weight is 345 g/mol. The zero-order valence-corrected chi connectivity index (χ0v) is 15.2. The molecular weight excluding hydrogens is 318 g/mol. The van der Waals surface area contributed by atoms with Gasteiger partial charge >= 0.3 is 6.03 Å². The molecular formula is C19H27N3O3. The number of nitrogens with zero attached hydrogens (tertiary/aromatic N) is 2. The van der Waals surface area contributed by atoms with E-state index in [-0.39, 0.29) is 23.5 Å². The normalized spacial score (nSPS) is 21.2. The van der Waals surface area contributed by atoms with E-state index in [1.165, 1.54) is 0 Å². The summed E-state index contributed by atoms with van der Waals surface area (Å²) >= 11 is 0. The van der Waals surface area contributed by atoms with E-state index in [0.29, 0.717) is 19.5 Å². The Bertz CT molecular complexity index is 651. The first-order valence-corrected chi connectivity index (χ1v) is 8.89. The monoisotopic (exact) mass is 345 g/mol. The van der Waals surface area contributed by atoms with E-state index in [0.717, 1.165) is 30.6 Å². The van der Waals surface area contributed by atoms with Gasteiger partial charge in [0.1, 0.15) is 11.4 Å². The number of hydrogen-bond donors (Lipinski definition) is 1. The first-order chi connectivity index (χ1) is 11.9. The lowest BCUT2D eigenvalue weighted by atomic mass is 9.76. The standard InChI is InChI=1S/C19H27N3O3/c1-20-17(23)12-14-13-19(25-16-7-5-4-6-15(14)16)8-10-22(11-9-19)18(24)21(2)3/h4-7,14H,8-13H2,1-3H3,(H,20,23). The maximum Gasteiger partial charge on any atom is 0.319 e. The molecule has 1 N–H and O–H groups in total. The summed E-state index contributed by atoms with van der Waals surface area (Å²) in [5.41, 5.74) is 0.833. The molecule has 1 unspecified atom stereocenters. The minimum Gasteiger partial charge on any atom is -0.487 e. The van der Waals surface area contributed by atoms with Crippen LogP contribution in [0.1, 0.15) is 37.2 Å². The van der Waals surface area contributed by atoms with Crippen LogP contribution in [-0.4, -0.2) is 61.6 Å². The highest BCUT2D eigenvalue weighted by molar-refractivity contribution is 5.77. The number of ether oxygens (including phenoxy) is 1. The van der Waals surface area contributed by atoms with E-state index in [4.69, 9.17) is 4.74 Å². The Morgan fingerprint density at radius 1 is 1.28 bits per heavy atom. The van der Waals surface area contributed by atoms with Gasteiger partial charge in [0.05, 0.1) is 0 Å². The molecule has 3 rings (SSSR count). The Morgan fingerprint density at radius 3 is 2.60 bits per heavy atom. The van der Waals surface area contributed by atoms with Crippen molar-refractivity contribution in [2.24, 2.45) is 0 Å². The van der Waals surface area contributed by atoms with E-state index in [1.807, 2.05) is 23.1 Å². The second kappa shape index (κ2) is 6.94. The summed E-state index contributed by atoms with van der Waals surface area (Å²) < 4.78 is 6.41. The molecule has 0 aromatic heterocycles. The molecule has 0 radical (unpaired) electrons. The molecule has 1 spiro atoms. The van der Waals surface area contributed by atoms with Gasteiger partial charge in [0.15, 0.2) is 0 Å². The van der Waals surface area contributed by atoms with Crippen molar-refractivity contribution < 1.29 is 14.3 Å². The largest absolute Gasteiger partial charge is 0.487 e. The predicted molar refractivity (Wildman–Crippen MR) is 95.7 cm³/mol. The number of nitrogens with one attached hydrogen (secondary N) is 1. The van der Waals surface area contributed by atoms with Crippen LogP contribution in [0.5, 0.6) is 5.75 Å². The summed E-state index contributed by atoms with van der Waals surface area (Å²) in [4.78, 5) is 27.6. The number of benzene rings is 1. The number of carbonyl (C=O) groups is 2. The number of amides is 3. The topological polar surface area (TPSA) is 61.9 Å². The van der Waals surface area contributed by atoms with E-state index in [9.17, 15) is 9.59 Å². The van der Waals surface area contributed by atoms with Gasteiger partial charge in [-0.25, -0.2) is 4.79 Å². The van der Waals surface area contributed by atoms with Crippen LogP contribution in [0.4, 0.5) is 4.79 Å². The number of hydrogen-bond acceptors (Lipinski definition) is 3. The second-order valence-electron chi connectivity index (χ2n) is 7.27. The number of fused-ring (bicyclic) bond motifs is 1. The average Bonchev–Trinajstić information content (AvgIpc) is 2.61. The van der Waals surface area contributed by atoms with Crippen LogP contribution in [0, 0.1) is 0 Å². The van der Waals surface area contributed by atoms with Crippen LogP contribution < -0.4 is 10.1 Å². The summed E-state index contributed by atoms with van der Waals surface area (Å²) in [6.07, 6.45) is 2.89. The van der Waals surface area contributed by atoms with Crippen molar-refractivity contribution >= 4 is 11.9 Å². The third-order valence-corrected chi connectivity index (χ3v) is 5.34. The zero-order valence-electron chi connectivity index (χ0n) is 15.2. The Hall–Kier alpha value is -2.24. The van der Waals surface area contributed by atoms with Gasteiger partial charge in [0, 0.05) is 59.4 Å². The smallest absolute Gasteiger partial charge is 0.319 e. The van der Waals surface area contributed by atoms with Gasteiger partial charge in [0.2, 0.25) is 5.91 Å². The maximum absolute atomic E-state index is 12.2. The lowest BCUT2D eigenvalue weighted by Crippen LogP contribution is -2.53. The van der Waals surface area contributed by atoms with Gasteiger partial charge in [-0.3, -0.25) is 4.79 Å². The highest BCUT2D eigenvalue weighted by atomic mass is 16.5. The predicted octanol–water partition coefficient (Wildman–Crippen LogP) is 2.21. The first kappa shape index (κ1) is 17.6. The Kier molecular flexibility index (Phi) is 4.88. The number of likely N-dealkylation sites (tertiary alicyclic amines) is 1. The van der Waals surface area contributed by atoms with Gasteiger partial charge in [0.25, 0.3) is 0 Å². The zero-order chi connectivity index (χ0) is 18.0. The van der Waals surface area contributed by atoms with E-state index in [2.05, 4.69) is 11.4 Å². The summed E-state index contributed by atoms with van der Waals surface area (Å²) in [6.45, 7) is 1.37. The van der Waals surface area contributed by atoms with Gasteiger partial charge in [-0.15, -0.1) is 0 Å². The van der Waals surface area contributed by atoms with Gasteiger partial charge in [-0.1, -0.05) is 18.2 Å². The molecule has 0 bridgehead atoms. The molecule has 25 heavy (non-hydrogen) atoms. The highest BCUT2D eigenvalue weighted by Crippen LogP contribution is 2.46. The fourth-order valence-corrected chi connectivity index (χ4v) is 3.95. The number of carbonyl (C=O) groups excluding carboxylic acids is 2. The maximum atomic E-state index is 12.2. The summed E-state index contributed by atoms with van der Waals surface area (Å²) in [5, 5.41) is 2.73. The van der Waals surface area contributed by atoms with Crippen molar-refractivity contribution in [2.45, 2.75) is 37.2 Å². The number of urea groups is 1. The molecule has 1 fully saturated rings. The molecule has 2 aliphatic rings. The summed E-state index contributed by atoms with van der Waals surface area (Å²) in [6, 6.07) is 8.06. The Labute approximate surface area is 149 Å². The van der Waals surface area contributed by atoms with Crippen molar-refractivity contribution in [1.82, 2.24) is 15.1 Å². The van der Waals surface area contributed by atoms with E-state index >= 15 is 0 Å². The molecule has 6 nitrogen and oxygen atoms in total. The molecule has 1 aromatic rings. The van der Waals surface area contributed by atoms with Gasteiger partial charge < -0.3 is 19.9 Å². The molecule has 136 valence electrons. The molecule has 1 saturated heterocycles. The fraction of sp³-hybridized carbons (Fsp3) is 0.579. The number of rotatable bonds is 2. The molecule has 3 amide bonds. The summed E-state index contributed by atoms with van der Waals surface area (Å²) in [7, 11) is 5.23. The van der Waals surface area contributed by atoms with Crippen molar-refractivity contribution in [1.29, 1.82) is 0 Å². The van der Waals surface area contributed by atoms with Crippen LogP contribution in [0.25, 0.3) is 0 Å². The Morgan fingerprint density at radius 2 is 1.96 bits per heavy atom. The van der Waals surface area contributed by atoms with Crippen LogP contribution in [-0.2, 0) is 4.79 Å². The SMILES string of the molecule is CNC(=O)CC1CC2(CCN(C(=O)N(C)C)CC2)Oc2ccccc21. The van der Waals surface area contributed by atoms with Crippen LogP contribution in [0.15, 0.2) is 24.3 Å². The molecule has 2 aliphatic heterocycles. The third-order valence-electron chi connectivity index (χ3n) is 5.34. The minimum atomic E-state index is -0.282. The minimum absolute atomic E-state index is 0.0490. The number of para-hydroxylation sites is 1. The van der Waals surface area contributed by atoms with Crippen LogP contribution in [0.3, 0.4) is 0 Å². The lowest BCUT2D eigenvalue weighted by Gasteiger charge is -2.47. The van der Waals surface area contributed by atoms with Gasteiger partial charge in [-0.2, -0.15) is 0 Å². The number of piperidine rings is 1. The van der Waals surface area contributed by atoms with E-state index in [1.54, 1.807) is 26.0 Å². The van der Waals surface area contributed by atoms with Crippen molar-refractivity contribution in [3.8, 4) is 5.75 Å². The lowest BCUT2D eigenvalue weighted by molar-refractivity contribution is -0.121. The van der Waals surface area contributed by atoms with Crippen LogP contribution >= 0.6 is 0 Å². The van der Waals surface area contributed by atoms with Crippen molar-refractivity contribution in [3.05, 3.63) is 29.8 Å². The molecule has 1 atom stereocenters. The summed E-state index contributed by atoms with van der Waals surface area (Å²) in [5.74, 6) is 1.09. The molecule has 1 aromatic carbocycles.